The van der Waals surface area contributed by atoms with Crippen molar-refractivity contribution in [2.75, 3.05) is 20.3 Å². The van der Waals surface area contributed by atoms with E-state index in [0.29, 0.717) is 19.4 Å². The van der Waals surface area contributed by atoms with Gasteiger partial charge in [-0.25, -0.2) is 9.59 Å². The number of esters is 1. The topological polar surface area (TPSA) is 84.9 Å². The van der Waals surface area contributed by atoms with Crippen molar-refractivity contribution in [1.82, 2.24) is 10.2 Å². The van der Waals surface area contributed by atoms with Crippen molar-refractivity contribution in [1.29, 1.82) is 0 Å². The van der Waals surface area contributed by atoms with E-state index in [4.69, 9.17) is 9.47 Å². The van der Waals surface area contributed by atoms with Gasteiger partial charge in [-0.3, -0.25) is 4.79 Å². The Hall–Kier alpha value is -3.35. The van der Waals surface area contributed by atoms with Crippen LogP contribution in [0.15, 0.2) is 48.5 Å². The number of nitrogens with zero attached hydrogens (tertiary/aromatic N) is 1. The second kappa shape index (κ2) is 10.5. The highest BCUT2D eigenvalue weighted by atomic mass is 16.5. The molecule has 186 valence electrons. The van der Waals surface area contributed by atoms with Gasteiger partial charge >= 0.3 is 12.1 Å². The molecule has 1 saturated heterocycles. The molecule has 1 fully saturated rings. The number of nitrogens with one attached hydrogen (secondary N) is 1. The number of methoxy groups -OCH3 is 1. The van der Waals surface area contributed by atoms with Gasteiger partial charge in [0.2, 0.25) is 5.91 Å². The number of rotatable bonds is 7. The van der Waals surface area contributed by atoms with Crippen LogP contribution in [0.2, 0.25) is 0 Å². The van der Waals surface area contributed by atoms with Gasteiger partial charge in [-0.15, -0.1) is 0 Å². The lowest BCUT2D eigenvalue weighted by Crippen LogP contribution is -2.52. The van der Waals surface area contributed by atoms with Gasteiger partial charge < -0.3 is 19.7 Å². The zero-order valence-electron chi connectivity index (χ0n) is 20.8. The number of carbonyl (C=O) groups excluding carboxylic acids is 3. The minimum Gasteiger partial charge on any atom is -0.467 e. The van der Waals surface area contributed by atoms with E-state index in [-0.39, 0.29) is 30.3 Å². The minimum absolute atomic E-state index is 0.0597. The van der Waals surface area contributed by atoms with Gasteiger partial charge in [-0.1, -0.05) is 69.3 Å². The van der Waals surface area contributed by atoms with Crippen LogP contribution in [0.4, 0.5) is 4.79 Å². The Kier molecular flexibility index (Phi) is 7.43. The van der Waals surface area contributed by atoms with E-state index in [1.807, 2.05) is 45.0 Å². The molecule has 4 rings (SSSR count). The summed E-state index contributed by atoms with van der Waals surface area (Å²) in [5, 5.41) is 2.78. The van der Waals surface area contributed by atoms with Crippen molar-refractivity contribution in [3.63, 3.8) is 0 Å². The summed E-state index contributed by atoms with van der Waals surface area (Å²) in [4.78, 5) is 40.1. The Morgan fingerprint density at radius 3 is 2.20 bits per heavy atom. The van der Waals surface area contributed by atoms with Crippen LogP contribution < -0.4 is 5.32 Å². The van der Waals surface area contributed by atoms with E-state index in [9.17, 15) is 14.4 Å². The molecule has 35 heavy (non-hydrogen) atoms. The predicted octanol–water partition coefficient (Wildman–Crippen LogP) is 4.35. The van der Waals surface area contributed by atoms with Gasteiger partial charge in [0.05, 0.1) is 7.11 Å². The fraction of sp³-hybridized carbons (Fsp3) is 0.464. The molecule has 7 nitrogen and oxygen atoms in total. The number of ether oxygens (including phenoxy) is 2. The van der Waals surface area contributed by atoms with Crippen LogP contribution >= 0.6 is 0 Å². The standard InChI is InChI=1S/C28H34N2O5/c1-17(2)13-24(26(31)30-15-18(3)14-25(30)27(32)34-4)29-28(33)35-16-23-21-11-7-5-9-19(21)20-10-6-8-12-22(20)23/h5-12,17-18,23-25H,13-16H2,1-4H3,(H,29,33)/t18?,24-,25-/m0/s1. The molecule has 2 aliphatic rings. The maximum Gasteiger partial charge on any atom is 0.407 e. The third-order valence-corrected chi connectivity index (χ3v) is 6.91. The van der Waals surface area contributed by atoms with E-state index in [2.05, 4.69) is 29.6 Å². The summed E-state index contributed by atoms with van der Waals surface area (Å²) in [6.07, 6.45) is 0.368. The average molecular weight is 479 g/mol. The van der Waals surface area contributed by atoms with Crippen LogP contribution in [-0.4, -0.2) is 55.2 Å². The predicted molar refractivity (Wildman–Crippen MR) is 133 cm³/mol. The summed E-state index contributed by atoms with van der Waals surface area (Å²) in [7, 11) is 1.33. The molecular formula is C28H34N2O5. The van der Waals surface area contributed by atoms with Crippen LogP contribution in [0.25, 0.3) is 11.1 Å². The number of hydrogen-bond acceptors (Lipinski definition) is 5. The molecule has 1 unspecified atom stereocenters. The molecule has 1 heterocycles. The van der Waals surface area contributed by atoms with Gasteiger partial charge in [0.1, 0.15) is 18.7 Å². The third-order valence-electron chi connectivity index (χ3n) is 6.91. The van der Waals surface area contributed by atoms with Gasteiger partial charge in [0.25, 0.3) is 0 Å². The smallest absolute Gasteiger partial charge is 0.407 e. The molecule has 1 N–H and O–H groups in total. The summed E-state index contributed by atoms with van der Waals surface area (Å²) in [5.74, 6) is -0.415. The lowest BCUT2D eigenvalue weighted by atomic mass is 9.98. The monoisotopic (exact) mass is 478 g/mol. The molecule has 0 spiro atoms. The van der Waals surface area contributed by atoms with Crippen LogP contribution in [-0.2, 0) is 19.1 Å². The van der Waals surface area contributed by atoms with Crippen LogP contribution in [0.5, 0.6) is 0 Å². The van der Waals surface area contributed by atoms with Crippen LogP contribution in [0.3, 0.4) is 0 Å². The highest BCUT2D eigenvalue weighted by Crippen LogP contribution is 2.44. The summed E-state index contributed by atoms with van der Waals surface area (Å²) in [5.41, 5.74) is 4.57. The first kappa shape index (κ1) is 24.8. The maximum atomic E-state index is 13.4. The summed E-state index contributed by atoms with van der Waals surface area (Å²) < 4.78 is 10.6. The quantitative estimate of drug-likeness (QED) is 0.598. The van der Waals surface area contributed by atoms with Crippen molar-refractivity contribution in [3.05, 3.63) is 59.7 Å². The number of alkyl carbamates (subject to hydrolysis) is 1. The second-order valence-corrected chi connectivity index (χ2v) is 10.0. The molecule has 0 saturated carbocycles. The highest BCUT2D eigenvalue weighted by Gasteiger charge is 2.41. The number of fused-ring (bicyclic) bond motifs is 3. The number of hydrogen-bond donors (Lipinski definition) is 1. The largest absolute Gasteiger partial charge is 0.467 e. The summed E-state index contributed by atoms with van der Waals surface area (Å²) in [6, 6.07) is 14.9. The van der Waals surface area contributed by atoms with Crippen molar-refractivity contribution < 1.29 is 23.9 Å². The van der Waals surface area contributed by atoms with E-state index in [0.717, 1.165) is 22.3 Å². The minimum atomic E-state index is -0.775. The average Bonchev–Trinajstić information content (AvgIpc) is 3.39. The molecule has 2 aromatic rings. The molecule has 0 aromatic heterocycles. The molecule has 3 atom stereocenters. The van der Waals surface area contributed by atoms with E-state index in [1.165, 1.54) is 7.11 Å². The zero-order chi connectivity index (χ0) is 25.1. The lowest BCUT2D eigenvalue weighted by molar-refractivity contribution is -0.151. The Balaban J connectivity index is 1.45. The second-order valence-electron chi connectivity index (χ2n) is 10.0. The molecule has 2 aromatic carbocycles. The molecule has 1 aliphatic heterocycles. The molecular weight excluding hydrogens is 444 g/mol. The molecule has 1 aliphatic carbocycles. The Morgan fingerprint density at radius 2 is 1.63 bits per heavy atom. The highest BCUT2D eigenvalue weighted by molar-refractivity contribution is 5.90. The van der Waals surface area contributed by atoms with E-state index >= 15 is 0 Å². The number of benzene rings is 2. The molecule has 2 amide bonds. The van der Waals surface area contributed by atoms with Crippen molar-refractivity contribution >= 4 is 18.0 Å². The Bertz CT molecular complexity index is 1050. The van der Waals surface area contributed by atoms with Crippen molar-refractivity contribution in [2.45, 2.75) is 51.6 Å². The fourth-order valence-corrected chi connectivity index (χ4v) is 5.32. The van der Waals surface area contributed by atoms with E-state index < -0.39 is 24.1 Å². The molecule has 7 heteroatoms. The number of likely N-dealkylation sites (tertiary alicyclic amines) is 1. The SMILES string of the molecule is COC(=O)[C@@H]1CC(C)CN1C(=O)[C@H](CC(C)C)NC(=O)OCC1c2ccccc2-c2ccccc21. The number of amides is 2. The maximum absolute atomic E-state index is 13.4. The van der Waals surface area contributed by atoms with Gasteiger partial charge in [-0.2, -0.15) is 0 Å². The number of carbonyl (C=O) groups is 3. The normalized spacial score (nSPS) is 19.7. The first-order valence-electron chi connectivity index (χ1n) is 12.3. The zero-order valence-corrected chi connectivity index (χ0v) is 20.8. The molecule has 0 bridgehead atoms. The van der Waals surface area contributed by atoms with Crippen molar-refractivity contribution in [2.24, 2.45) is 11.8 Å². The van der Waals surface area contributed by atoms with Gasteiger partial charge in [0, 0.05) is 12.5 Å². The summed E-state index contributed by atoms with van der Waals surface area (Å²) in [6.45, 7) is 6.61. The molecule has 0 radical (unpaired) electrons. The van der Waals surface area contributed by atoms with Gasteiger partial charge in [-0.05, 0) is 46.9 Å². The van der Waals surface area contributed by atoms with Crippen molar-refractivity contribution in [3.8, 4) is 11.1 Å². The first-order valence-corrected chi connectivity index (χ1v) is 12.3. The van der Waals surface area contributed by atoms with Crippen LogP contribution in [0.1, 0.15) is 50.7 Å². The van der Waals surface area contributed by atoms with Crippen LogP contribution in [0, 0.1) is 11.8 Å². The Labute approximate surface area is 206 Å². The third kappa shape index (κ3) is 5.19. The lowest BCUT2D eigenvalue weighted by Gasteiger charge is -2.28. The Morgan fingerprint density at radius 1 is 1.03 bits per heavy atom. The first-order chi connectivity index (χ1) is 16.8. The summed E-state index contributed by atoms with van der Waals surface area (Å²) >= 11 is 0. The van der Waals surface area contributed by atoms with E-state index in [1.54, 1.807) is 4.90 Å². The van der Waals surface area contributed by atoms with Gasteiger partial charge in [0.15, 0.2) is 0 Å². The fourth-order valence-electron chi connectivity index (χ4n) is 5.32.